The van der Waals surface area contributed by atoms with Crippen LogP contribution in [0.3, 0.4) is 0 Å². The van der Waals surface area contributed by atoms with Gasteiger partial charge in [0.25, 0.3) is 0 Å². The predicted molar refractivity (Wildman–Crippen MR) is 91.9 cm³/mol. The van der Waals surface area contributed by atoms with Crippen LogP contribution in [0.2, 0.25) is 5.02 Å². The Hall–Kier alpha value is -2.60. The number of aliphatic imine (C=N–C) groups is 2. The highest BCUT2D eigenvalue weighted by atomic mass is 35.5. The van der Waals surface area contributed by atoms with Crippen LogP contribution in [-0.2, 0) is 0 Å². The summed E-state index contributed by atoms with van der Waals surface area (Å²) in [5.74, 6) is -0.424. The van der Waals surface area contributed by atoms with Gasteiger partial charge in [-0.25, -0.2) is 9.38 Å². The highest BCUT2D eigenvalue weighted by Gasteiger charge is 2.24. The molecule has 24 heavy (non-hydrogen) atoms. The van der Waals surface area contributed by atoms with Gasteiger partial charge in [0.2, 0.25) is 6.54 Å². The van der Waals surface area contributed by atoms with Crippen molar-refractivity contribution in [2.75, 3.05) is 6.54 Å². The maximum absolute atomic E-state index is 14.3. The van der Waals surface area contributed by atoms with Crippen LogP contribution in [0.4, 0.5) is 10.1 Å². The minimum Gasteiger partial charge on any atom is -0.275 e. The van der Waals surface area contributed by atoms with E-state index < -0.39 is 23.3 Å². The fraction of sp³-hybridized carbons (Fsp3) is 0.176. The first-order valence-corrected chi connectivity index (χ1v) is 7.65. The van der Waals surface area contributed by atoms with E-state index >= 15 is 0 Å². The van der Waals surface area contributed by atoms with Gasteiger partial charge in [0.05, 0.1) is 17.4 Å². The molecule has 0 spiro atoms. The Labute approximate surface area is 142 Å². The third kappa shape index (κ3) is 3.19. The van der Waals surface area contributed by atoms with Crippen molar-refractivity contribution in [1.29, 1.82) is 0 Å². The lowest BCUT2D eigenvalue weighted by Crippen LogP contribution is -2.24. The van der Waals surface area contributed by atoms with Gasteiger partial charge in [-0.15, -0.1) is 0 Å². The molecule has 0 bridgehead atoms. The molecule has 0 aliphatic carbocycles. The lowest BCUT2D eigenvalue weighted by molar-refractivity contribution is -0.463. The molecule has 1 heterocycles. The molecule has 0 fully saturated rings. The molecule has 0 aromatic heterocycles. The van der Waals surface area contributed by atoms with Crippen molar-refractivity contribution in [3.05, 3.63) is 74.5 Å². The molecule has 1 aliphatic heterocycles. The van der Waals surface area contributed by atoms with E-state index in [0.717, 1.165) is 0 Å². The maximum Gasteiger partial charge on any atom is 0.243 e. The second-order valence-electron chi connectivity index (χ2n) is 5.39. The number of nitrogens with zero attached hydrogens (tertiary/aromatic N) is 3. The van der Waals surface area contributed by atoms with E-state index in [2.05, 4.69) is 9.98 Å². The fourth-order valence-corrected chi connectivity index (χ4v) is 2.72. The molecule has 2 aromatic carbocycles. The number of fused-ring (bicyclic) bond motifs is 1. The predicted octanol–water partition coefficient (Wildman–Crippen LogP) is 4.07. The highest BCUT2D eigenvalue weighted by Crippen LogP contribution is 2.30. The lowest BCUT2D eigenvalue weighted by atomic mass is 10.00. The lowest BCUT2D eigenvalue weighted by Gasteiger charge is -2.10. The van der Waals surface area contributed by atoms with Crippen LogP contribution >= 0.6 is 11.6 Å². The minimum absolute atomic E-state index is 0.311. The van der Waals surface area contributed by atoms with Gasteiger partial charge in [-0.05, 0) is 37.3 Å². The molecule has 0 radical (unpaired) electrons. The van der Waals surface area contributed by atoms with Crippen molar-refractivity contribution < 1.29 is 9.31 Å². The molecule has 0 saturated heterocycles. The third-order valence-electron chi connectivity index (χ3n) is 3.70. The Morgan fingerprint density at radius 2 is 2.00 bits per heavy atom. The Bertz CT molecular complexity index is 880. The Balaban J connectivity index is 2.23. The van der Waals surface area contributed by atoms with Crippen molar-refractivity contribution in [2.24, 2.45) is 9.98 Å². The first-order valence-electron chi connectivity index (χ1n) is 7.27. The topological polar surface area (TPSA) is 67.9 Å². The monoisotopic (exact) mass is 345 g/mol. The summed E-state index contributed by atoms with van der Waals surface area (Å²) in [6, 6.07) is 10.7. The highest BCUT2D eigenvalue weighted by molar-refractivity contribution is 6.31. The zero-order chi connectivity index (χ0) is 17.3. The van der Waals surface area contributed by atoms with E-state index in [1.165, 1.54) is 6.07 Å². The number of rotatable bonds is 3. The van der Waals surface area contributed by atoms with Gasteiger partial charge in [-0.3, -0.25) is 15.1 Å². The molecule has 1 atom stereocenters. The first kappa shape index (κ1) is 16.3. The van der Waals surface area contributed by atoms with E-state index in [-0.39, 0.29) is 0 Å². The van der Waals surface area contributed by atoms with E-state index in [1.807, 2.05) is 0 Å². The van der Waals surface area contributed by atoms with E-state index in [0.29, 0.717) is 33.3 Å². The van der Waals surface area contributed by atoms with Gasteiger partial charge >= 0.3 is 0 Å². The second-order valence-corrected chi connectivity index (χ2v) is 5.83. The molecule has 1 aliphatic rings. The van der Waals surface area contributed by atoms with Gasteiger partial charge in [-0.1, -0.05) is 23.7 Å². The molecule has 3 rings (SSSR count). The minimum atomic E-state index is -0.545. The number of halogens is 2. The van der Waals surface area contributed by atoms with Crippen LogP contribution in [0, 0.1) is 15.9 Å². The van der Waals surface area contributed by atoms with Crippen molar-refractivity contribution in [1.82, 2.24) is 0 Å². The van der Waals surface area contributed by atoms with Gasteiger partial charge < -0.3 is 0 Å². The quantitative estimate of drug-likeness (QED) is 0.621. The Morgan fingerprint density at radius 1 is 1.25 bits per heavy atom. The Morgan fingerprint density at radius 3 is 2.71 bits per heavy atom. The van der Waals surface area contributed by atoms with Gasteiger partial charge in [-0.2, -0.15) is 0 Å². The molecular weight excluding hydrogens is 333 g/mol. The zero-order valence-electron chi connectivity index (χ0n) is 12.7. The fourth-order valence-electron chi connectivity index (χ4n) is 2.55. The maximum atomic E-state index is 14.3. The molecule has 2 aromatic rings. The Kier molecular flexibility index (Phi) is 4.40. The van der Waals surface area contributed by atoms with Crippen molar-refractivity contribution in [3.8, 4) is 0 Å². The number of benzene rings is 2. The smallest absolute Gasteiger partial charge is 0.243 e. The summed E-state index contributed by atoms with van der Waals surface area (Å²) < 4.78 is 14.3. The SMILES string of the molecule is CC1N=C(c2ccccc2F)c2cc(Cl)ccc2N=C1C[N+](=O)[O-]. The number of hydrogen-bond acceptors (Lipinski definition) is 4. The van der Waals surface area contributed by atoms with Crippen LogP contribution in [0.5, 0.6) is 0 Å². The molecular formula is C17H13ClFN3O2. The van der Waals surface area contributed by atoms with E-state index in [9.17, 15) is 14.5 Å². The van der Waals surface area contributed by atoms with Crippen LogP contribution < -0.4 is 0 Å². The molecule has 0 amide bonds. The normalized spacial score (nSPS) is 16.7. The summed E-state index contributed by atoms with van der Waals surface area (Å²) >= 11 is 6.07. The van der Waals surface area contributed by atoms with E-state index in [4.69, 9.17) is 11.6 Å². The summed E-state index contributed by atoms with van der Waals surface area (Å²) in [7, 11) is 0. The van der Waals surface area contributed by atoms with Crippen molar-refractivity contribution in [3.63, 3.8) is 0 Å². The van der Waals surface area contributed by atoms with Crippen molar-refractivity contribution in [2.45, 2.75) is 13.0 Å². The second kappa shape index (κ2) is 6.49. The summed E-state index contributed by atoms with van der Waals surface area (Å²) in [6.45, 7) is 1.29. The van der Waals surface area contributed by atoms with Crippen LogP contribution in [-0.4, -0.2) is 28.9 Å². The van der Waals surface area contributed by atoms with E-state index in [1.54, 1.807) is 43.3 Å². The third-order valence-corrected chi connectivity index (χ3v) is 3.94. The van der Waals surface area contributed by atoms with Crippen molar-refractivity contribution >= 4 is 28.7 Å². The summed E-state index contributed by atoms with van der Waals surface area (Å²) in [5.41, 5.74) is 2.06. The molecule has 1 unspecified atom stereocenters. The first-order chi connectivity index (χ1) is 11.5. The van der Waals surface area contributed by atoms with Crippen LogP contribution in [0.1, 0.15) is 18.1 Å². The summed E-state index contributed by atoms with van der Waals surface area (Å²) in [4.78, 5) is 19.3. The van der Waals surface area contributed by atoms with Gasteiger partial charge in [0.15, 0.2) is 0 Å². The average molecular weight is 346 g/mol. The van der Waals surface area contributed by atoms with Gasteiger partial charge in [0, 0.05) is 21.1 Å². The van der Waals surface area contributed by atoms with Gasteiger partial charge in [0.1, 0.15) is 11.5 Å². The molecule has 0 N–H and O–H groups in total. The molecule has 5 nitrogen and oxygen atoms in total. The molecule has 122 valence electrons. The standard InChI is InChI=1S/C17H13ClFN3O2/c1-10-16(9-22(23)24)21-15-7-6-11(18)8-13(15)17(20-10)12-4-2-3-5-14(12)19/h2-8,10H,9H2,1H3. The molecule has 7 heteroatoms. The zero-order valence-corrected chi connectivity index (χ0v) is 13.5. The average Bonchev–Trinajstić information content (AvgIpc) is 2.65. The number of nitro groups is 1. The van der Waals surface area contributed by atoms with Crippen LogP contribution in [0.15, 0.2) is 52.4 Å². The number of hydrogen-bond donors (Lipinski definition) is 0. The van der Waals surface area contributed by atoms with Crippen LogP contribution in [0.25, 0.3) is 0 Å². The summed E-state index contributed by atoms with van der Waals surface area (Å²) in [5, 5.41) is 11.3. The molecule has 0 saturated carbocycles. The summed E-state index contributed by atoms with van der Waals surface area (Å²) in [6.07, 6.45) is 0. The largest absolute Gasteiger partial charge is 0.275 e.